The van der Waals surface area contributed by atoms with Crippen molar-refractivity contribution in [1.29, 1.82) is 0 Å². The Hall–Kier alpha value is -2.14. The summed E-state index contributed by atoms with van der Waals surface area (Å²) in [5, 5.41) is 0. The van der Waals surface area contributed by atoms with E-state index in [0.717, 1.165) is 22.5 Å². The van der Waals surface area contributed by atoms with Crippen LogP contribution in [0.1, 0.15) is 11.1 Å². The second kappa shape index (κ2) is 5.24. The second-order valence-corrected chi connectivity index (χ2v) is 4.95. The van der Waals surface area contributed by atoms with Crippen molar-refractivity contribution >= 4 is 23.5 Å². The van der Waals surface area contributed by atoms with Crippen LogP contribution in [0.2, 0.25) is 0 Å². The quantitative estimate of drug-likeness (QED) is 0.785. The highest BCUT2D eigenvalue weighted by Gasteiger charge is 2.15. The van der Waals surface area contributed by atoms with Crippen molar-refractivity contribution in [2.24, 2.45) is 4.40 Å². The Balaban J connectivity index is 2.00. The number of pyridine rings is 2. The summed E-state index contributed by atoms with van der Waals surface area (Å²) in [6.45, 7) is 0. The number of aromatic nitrogens is 2. The van der Waals surface area contributed by atoms with Gasteiger partial charge in [0, 0.05) is 43.0 Å². The molecule has 3 rings (SSSR count). The lowest BCUT2D eigenvalue weighted by Gasteiger charge is -2.23. The summed E-state index contributed by atoms with van der Waals surface area (Å²) in [6.07, 6.45) is 9.24. The zero-order chi connectivity index (χ0) is 13.1. The maximum absolute atomic E-state index is 4.50. The summed E-state index contributed by atoms with van der Waals surface area (Å²) in [5.74, 6) is 0. The number of hydrogen-bond acceptors (Lipinski definition) is 5. The van der Waals surface area contributed by atoms with Crippen LogP contribution >= 0.6 is 12.1 Å². The van der Waals surface area contributed by atoms with Crippen molar-refractivity contribution in [2.75, 3.05) is 7.05 Å². The van der Waals surface area contributed by atoms with Crippen LogP contribution in [0.3, 0.4) is 0 Å². The molecule has 4 nitrogen and oxygen atoms in total. The Morgan fingerprint density at radius 3 is 2.11 bits per heavy atom. The third-order valence-electron chi connectivity index (χ3n) is 2.83. The van der Waals surface area contributed by atoms with Gasteiger partial charge in [0.2, 0.25) is 0 Å². The van der Waals surface area contributed by atoms with Crippen LogP contribution in [0.15, 0.2) is 59.5 Å². The van der Waals surface area contributed by atoms with E-state index in [1.807, 2.05) is 35.6 Å². The summed E-state index contributed by atoms with van der Waals surface area (Å²) in [6, 6.07) is 7.92. The molecule has 1 aliphatic heterocycles. The largest absolute Gasteiger partial charge is 0.300 e. The van der Waals surface area contributed by atoms with Gasteiger partial charge in [0.25, 0.3) is 0 Å². The van der Waals surface area contributed by atoms with Gasteiger partial charge in [-0.2, -0.15) is 4.40 Å². The third kappa shape index (κ3) is 2.51. The molecule has 5 heteroatoms. The van der Waals surface area contributed by atoms with Crippen LogP contribution in [0.4, 0.5) is 0 Å². The minimum atomic E-state index is 0.956. The average molecular weight is 268 g/mol. The van der Waals surface area contributed by atoms with E-state index in [9.17, 15) is 0 Å². The lowest BCUT2D eigenvalue weighted by atomic mass is 10.1. The second-order valence-electron chi connectivity index (χ2n) is 4.06. The minimum Gasteiger partial charge on any atom is -0.300 e. The van der Waals surface area contributed by atoms with Crippen molar-refractivity contribution in [3.63, 3.8) is 0 Å². The molecule has 0 saturated heterocycles. The van der Waals surface area contributed by atoms with Crippen molar-refractivity contribution in [1.82, 2.24) is 14.3 Å². The van der Waals surface area contributed by atoms with Gasteiger partial charge in [-0.1, -0.05) is 0 Å². The van der Waals surface area contributed by atoms with E-state index in [1.54, 1.807) is 24.8 Å². The van der Waals surface area contributed by atoms with Gasteiger partial charge in [0.1, 0.15) is 0 Å². The van der Waals surface area contributed by atoms with Gasteiger partial charge >= 0.3 is 0 Å². The molecular weight excluding hydrogens is 256 g/mol. The van der Waals surface area contributed by atoms with Crippen molar-refractivity contribution in [3.05, 3.63) is 66.3 Å². The summed E-state index contributed by atoms with van der Waals surface area (Å²) >= 11 is 1.44. The summed E-state index contributed by atoms with van der Waals surface area (Å²) in [5.41, 5.74) is 4.28. The zero-order valence-electron chi connectivity index (χ0n) is 10.4. The first-order chi connectivity index (χ1) is 9.34. The molecule has 0 aromatic carbocycles. The molecule has 3 heterocycles. The van der Waals surface area contributed by atoms with Crippen LogP contribution in [0, 0.1) is 0 Å². The topological polar surface area (TPSA) is 41.4 Å². The number of allylic oxidation sites excluding steroid dienone is 1. The van der Waals surface area contributed by atoms with Gasteiger partial charge in [-0.15, -0.1) is 0 Å². The molecule has 0 saturated carbocycles. The molecule has 0 amide bonds. The highest BCUT2D eigenvalue weighted by Crippen LogP contribution is 2.29. The van der Waals surface area contributed by atoms with Gasteiger partial charge in [0.15, 0.2) is 0 Å². The van der Waals surface area contributed by atoms with Crippen LogP contribution in [0.25, 0.3) is 5.70 Å². The maximum atomic E-state index is 4.50. The lowest BCUT2D eigenvalue weighted by molar-refractivity contribution is 0.804. The molecule has 19 heavy (non-hydrogen) atoms. The van der Waals surface area contributed by atoms with Crippen LogP contribution in [-0.4, -0.2) is 27.0 Å². The molecule has 0 bridgehead atoms. The molecule has 2 aromatic rings. The van der Waals surface area contributed by atoms with Crippen molar-refractivity contribution in [3.8, 4) is 0 Å². The third-order valence-corrected chi connectivity index (χ3v) is 3.55. The van der Waals surface area contributed by atoms with E-state index in [4.69, 9.17) is 0 Å². The Morgan fingerprint density at radius 1 is 0.895 bits per heavy atom. The highest BCUT2D eigenvalue weighted by molar-refractivity contribution is 7.96. The van der Waals surface area contributed by atoms with Gasteiger partial charge in [-0.25, -0.2) is 0 Å². The van der Waals surface area contributed by atoms with E-state index >= 15 is 0 Å². The molecule has 0 atom stereocenters. The molecule has 0 N–H and O–H groups in total. The zero-order valence-corrected chi connectivity index (χ0v) is 11.2. The van der Waals surface area contributed by atoms with Gasteiger partial charge in [0.05, 0.1) is 23.5 Å². The Kier molecular flexibility index (Phi) is 3.29. The molecule has 2 aromatic heterocycles. The fourth-order valence-corrected chi connectivity index (χ4v) is 2.46. The Morgan fingerprint density at radius 2 is 1.47 bits per heavy atom. The smallest absolute Gasteiger partial charge is 0.0933 e. The summed E-state index contributed by atoms with van der Waals surface area (Å²) in [7, 11) is 2.00. The molecule has 1 aliphatic rings. The predicted octanol–water partition coefficient (Wildman–Crippen LogP) is 2.82. The number of hydrogen-bond donors (Lipinski definition) is 0. The molecule has 94 valence electrons. The predicted molar refractivity (Wildman–Crippen MR) is 78.3 cm³/mol. The summed E-state index contributed by atoms with van der Waals surface area (Å²) in [4.78, 5) is 8.08. The Labute approximate surface area is 116 Å². The summed E-state index contributed by atoms with van der Waals surface area (Å²) < 4.78 is 6.54. The molecular formula is C14H12N4S. The number of rotatable bonds is 2. The molecule has 0 radical (unpaired) electrons. The normalized spacial score (nSPS) is 14.9. The van der Waals surface area contributed by atoms with Gasteiger partial charge in [-0.3, -0.25) is 14.3 Å². The first-order valence-corrected chi connectivity index (χ1v) is 6.59. The monoisotopic (exact) mass is 268 g/mol. The van der Waals surface area contributed by atoms with E-state index in [0.29, 0.717) is 0 Å². The lowest BCUT2D eigenvalue weighted by Crippen LogP contribution is -2.14. The first-order valence-electron chi connectivity index (χ1n) is 5.86. The maximum Gasteiger partial charge on any atom is 0.0933 e. The number of nitrogens with zero attached hydrogens (tertiary/aromatic N) is 4. The molecule has 0 unspecified atom stereocenters. The Bertz CT molecular complexity index is 622. The molecule has 0 fully saturated rings. The fourth-order valence-electron chi connectivity index (χ4n) is 1.84. The van der Waals surface area contributed by atoms with Crippen LogP contribution < -0.4 is 0 Å². The van der Waals surface area contributed by atoms with Crippen LogP contribution in [-0.2, 0) is 0 Å². The molecule has 0 aliphatic carbocycles. The highest BCUT2D eigenvalue weighted by atomic mass is 32.2. The standard InChI is InChI=1S/C14H12N4S/c1-18-14(12-4-8-16-9-5-12)10-13(17-19-18)11-2-6-15-7-3-11/h2-10H,1H3. The van der Waals surface area contributed by atoms with Crippen molar-refractivity contribution < 1.29 is 0 Å². The van der Waals surface area contributed by atoms with Crippen LogP contribution in [0.5, 0.6) is 0 Å². The van der Waals surface area contributed by atoms with E-state index < -0.39 is 0 Å². The van der Waals surface area contributed by atoms with Gasteiger partial charge in [-0.05, 0) is 30.3 Å². The first kappa shape index (κ1) is 11.9. The van der Waals surface area contributed by atoms with E-state index in [2.05, 4.69) is 20.4 Å². The van der Waals surface area contributed by atoms with Gasteiger partial charge < -0.3 is 0 Å². The van der Waals surface area contributed by atoms with E-state index in [-0.39, 0.29) is 0 Å². The fraction of sp³-hybridized carbons (Fsp3) is 0.0714. The van der Waals surface area contributed by atoms with Crippen molar-refractivity contribution in [2.45, 2.75) is 0 Å². The SMILES string of the molecule is CN1SN=C(c2ccncc2)C=C1c1ccncc1. The minimum absolute atomic E-state index is 0.956. The average Bonchev–Trinajstić information content (AvgIpc) is 2.49. The van der Waals surface area contributed by atoms with E-state index in [1.165, 1.54) is 12.1 Å². The molecule has 0 spiro atoms.